The van der Waals surface area contributed by atoms with Crippen LogP contribution in [0, 0.1) is 6.92 Å². The van der Waals surface area contributed by atoms with Crippen LogP contribution in [0.2, 0.25) is 0 Å². The molecule has 2 aromatic rings. The first-order valence-electron chi connectivity index (χ1n) is 4.91. The van der Waals surface area contributed by atoms with Crippen LogP contribution in [0.25, 0.3) is 11.3 Å². The second-order valence-corrected chi connectivity index (χ2v) is 5.99. The van der Waals surface area contributed by atoms with Gasteiger partial charge in [-0.1, -0.05) is 5.16 Å². The molecule has 2 aromatic heterocycles. The highest BCUT2D eigenvalue weighted by Gasteiger charge is 2.25. The number of thiophene rings is 1. The number of hydrogen-bond acceptors (Lipinski definition) is 4. The Balaban J connectivity index is 2.30. The second-order valence-electron chi connectivity index (χ2n) is 3.69. The van der Waals surface area contributed by atoms with Gasteiger partial charge in [0, 0.05) is 16.0 Å². The summed E-state index contributed by atoms with van der Waals surface area (Å²) in [5.41, 5.74) is 5.14. The molecule has 0 atom stereocenters. The maximum absolute atomic E-state index is 5.08. The summed E-state index contributed by atoms with van der Waals surface area (Å²) in [6.07, 6.45) is 6.11. The van der Waals surface area contributed by atoms with Crippen molar-refractivity contribution in [2.75, 3.05) is 6.26 Å². The molecule has 0 saturated carbocycles. The van der Waals surface area contributed by atoms with Crippen LogP contribution in [0.1, 0.15) is 16.0 Å². The molecule has 78 valence electrons. The summed E-state index contributed by atoms with van der Waals surface area (Å²) in [6, 6.07) is 0. The zero-order chi connectivity index (χ0) is 10.4. The molecule has 1 aliphatic rings. The Morgan fingerprint density at radius 2 is 2.33 bits per heavy atom. The summed E-state index contributed by atoms with van der Waals surface area (Å²) in [4.78, 5) is 1.43. The third-order valence-electron chi connectivity index (χ3n) is 2.89. The second kappa shape index (κ2) is 3.39. The maximum atomic E-state index is 5.08. The van der Waals surface area contributed by atoms with Crippen LogP contribution < -0.4 is 0 Å². The Bertz CT molecular complexity index is 513. The van der Waals surface area contributed by atoms with Crippen LogP contribution in [0.4, 0.5) is 0 Å². The summed E-state index contributed by atoms with van der Waals surface area (Å²) in [5, 5.41) is 4.14. The predicted octanol–water partition coefficient (Wildman–Crippen LogP) is 3.53. The fraction of sp³-hybridized carbons (Fsp3) is 0.364. The van der Waals surface area contributed by atoms with Crippen molar-refractivity contribution in [2.24, 2.45) is 0 Å². The largest absolute Gasteiger partial charge is 0.364 e. The number of rotatable bonds is 1. The van der Waals surface area contributed by atoms with Gasteiger partial charge in [-0.15, -0.1) is 23.1 Å². The lowest BCUT2D eigenvalue weighted by molar-refractivity contribution is 0.421. The number of aryl methyl sites for hydroxylation is 2. The molecule has 0 spiro atoms. The van der Waals surface area contributed by atoms with Crippen LogP contribution in [-0.2, 0) is 12.8 Å². The number of thioether (sulfide) groups is 1. The van der Waals surface area contributed by atoms with Gasteiger partial charge in [-0.3, -0.25) is 0 Å². The predicted molar refractivity (Wildman–Crippen MR) is 63.7 cm³/mol. The molecular formula is C11H11NOS2. The van der Waals surface area contributed by atoms with E-state index in [9.17, 15) is 0 Å². The van der Waals surface area contributed by atoms with Gasteiger partial charge in [-0.25, -0.2) is 0 Å². The van der Waals surface area contributed by atoms with E-state index in [-0.39, 0.29) is 0 Å². The van der Waals surface area contributed by atoms with Crippen molar-refractivity contribution in [1.29, 1.82) is 0 Å². The normalized spacial score (nSPS) is 13.7. The van der Waals surface area contributed by atoms with Gasteiger partial charge in [0.05, 0.1) is 4.21 Å². The number of fused-ring (bicyclic) bond motifs is 3. The number of aromatic nitrogens is 1. The van der Waals surface area contributed by atoms with Crippen LogP contribution in [-0.4, -0.2) is 11.4 Å². The smallest absolute Gasteiger partial charge is 0.127 e. The fourth-order valence-corrected chi connectivity index (χ4v) is 4.20. The molecular weight excluding hydrogens is 226 g/mol. The minimum Gasteiger partial charge on any atom is -0.364 e. The van der Waals surface area contributed by atoms with E-state index in [2.05, 4.69) is 18.3 Å². The third kappa shape index (κ3) is 1.28. The van der Waals surface area contributed by atoms with Crippen molar-refractivity contribution in [1.82, 2.24) is 5.16 Å². The average Bonchev–Trinajstić information content (AvgIpc) is 2.81. The zero-order valence-corrected chi connectivity index (χ0v) is 10.3. The highest BCUT2D eigenvalue weighted by atomic mass is 32.2. The van der Waals surface area contributed by atoms with Gasteiger partial charge in [-0.2, -0.15) is 0 Å². The van der Waals surface area contributed by atoms with Crippen LogP contribution in [0.5, 0.6) is 0 Å². The molecule has 0 aromatic carbocycles. The number of hydrogen-bond donors (Lipinski definition) is 0. The first-order chi connectivity index (χ1) is 7.31. The van der Waals surface area contributed by atoms with E-state index < -0.39 is 0 Å². The van der Waals surface area contributed by atoms with Crippen molar-refractivity contribution in [3.8, 4) is 11.3 Å². The minimum atomic E-state index is 1.07. The van der Waals surface area contributed by atoms with Gasteiger partial charge in [0.1, 0.15) is 12.0 Å². The molecule has 0 amide bonds. The number of nitrogens with zero attached hydrogens (tertiary/aromatic N) is 1. The SMILES string of the molecule is CSc1sc(C)c2c1-c1nocc1CC2. The van der Waals surface area contributed by atoms with Crippen molar-refractivity contribution < 1.29 is 4.52 Å². The first-order valence-corrected chi connectivity index (χ1v) is 6.95. The van der Waals surface area contributed by atoms with E-state index in [0.717, 1.165) is 18.5 Å². The fourth-order valence-electron chi connectivity index (χ4n) is 2.14. The molecule has 0 aliphatic heterocycles. The average molecular weight is 237 g/mol. The topological polar surface area (TPSA) is 26.0 Å². The highest BCUT2D eigenvalue weighted by Crippen LogP contribution is 2.45. The quantitative estimate of drug-likeness (QED) is 0.710. The monoisotopic (exact) mass is 237 g/mol. The summed E-state index contributed by atoms with van der Waals surface area (Å²) in [7, 11) is 0. The van der Waals surface area contributed by atoms with Gasteiger partial charge in [0.25, 0.3) is 0 Å². The minimum absolute atomic E-state index is 1.07. The molecule has 15 heavy (non-hydrogen) atoms. The summed E-state index contributed by atoms with van der Waals surface area (Å²) in [6.45, 7) is 2.20. The van der Waals surface area contributed by atoms with E-state index in [1.807, 2.05) is 23.1 Å². The van der Waals surface area contributed by atoms with Crippen LogP contribution in [0.3, 0.4) is 0 Å². The van der Waals surface area contributed by atoms with Crippen molar-refractivity contribution in [3.63, 3.8) is 0 Å². The highest BCUT2D eigenvalue weighted by molar-refractivity contribution is 8.00. The molecule has 4 heteroatoms. The zero-order valence-electron chi connectivity index (χ0n) is 8.66. The van der Waals surface area contributed by atoms with Gasteiger partial charge in [-0.05, 0) is 31.6 Å². The van der Waals surface area contributed by atoms with E-state index in [1.165, 1.54) is 25.8 Å². The molecule has 2 heterocycles. The summed E-state index contributed by atoms with van der Waals surface area (Å²) >= 11 is 3.69. The van der Waals surface area contributed by atoms with E-state index in [1.54, 1.807) is 6.26 Å². The third-order valence-corrected chi connectivity index (χ3v) is 5.15. The Morgan fingerprint density at radius 3 is 3.13 bits per heavy atom. The maximum Gasteiger partial charge on any atom is 0.127 e. The van der Waals surface area contributed by atoms with Gasteiger partial charge in [0.15, 0.2) is 0 Å². The Hall–Kier alpha value is -0.740. The van der Waals surface area contributed by atoms with E-state index in [4.69, 9.17) is 4.52 Å². The molecule has 0 bridgehead atoms. The lowest BCUT2D eigenvalue weighted by Crippen LogP contribution is -2.01. The van der Waals surface area contributed by atoms with Gasteiger partial charge < -0.3 is 4.52 Å². The lowest BCUT2D eigenvalue weighted by atomic mass is 9.93. The molecule has 3 rings (SSSR count). The molecule has 0 fully saturated rings. The van der Waals surface area contributed by atoms with Gasteiger partial charge >= 0.3 is 0 Å². The summed E-state index contributed by atoms with van der Waals surface area (Å²) in [5.74, 6) is 0. The Labute approximate surface area is 96.7 Å². The Kier molecular flexibility index (Phi) is 2.14. The van der Waals surface area contributed by atoms with Crippen LogP contribution in [0.15, 0.2) is 15.0 Å². The first kappa shape index (κ1) is 9.48. The standard InChI is InChI=1S/C11H11NOS2/c1-6-8-4-3-7-5-13-12-10(7)9(8)11(14-2)15-6/h5H,3-4H2,1-2H3. The van der Waals surface area contributed by atoms with E-state index >= 15 is 0 Å². The molecule has 0 unspecified atom stereocenters. The van der Waals surface area contributed by atoms with Crippen molar-refractivity contribution in [2.45, 2.75) is 24.0 Å². The molecule has 1 aliphatic carbocycles. The molecule has 0 radical (unpaired) electrons. The van der Waals surface area contributed by atoms with E-state index in [0.29, 0.717) is 0 Å². The van der Waals surface area contributed by atoms with Crippen molar-refractivity contribution >= 4 is 23.1 Å². The van der Waals surface area contributed by atoms with Gasteiger partial charge in [0.2, 0.25) is 0 Å². The molecule has 2 nitrogen and oxygen atoms in total. The van der Waals surface area contributed by atoms with Crippen LogP contribution >= 0.6 is 23.1 Å². The summed E-state index contributed by atoms with van der Waals surface area (Å²) < 4.78 is 6.45. The molecule has 0 saturated heterocycles. The lowest BCUT2D eigenvalue weighted by Gasteiger charge is -2.11. The van der Waals surface area contributed by atoms with Crippen molar-refractivity contribution in [3.05, 3.63) is 22.3 Å². The Morgan fingerprint density at radius 1 is 1.47 bits per heavy atom. The molecule has 0 N–H and O–H groups in total.